The van der Waals surface area contributed by atoms with Crippen molar-refractivity contribution < 1.29 is 14.2 Å². The molecule has 1 unspecified atom stereocenters. The van der Waals surface area contributed by atoms with Gasteiger partial charge in [-0.05, 0) is 19.1 Å². The van der Waals surface area contributed by atoms with Crippen LogP contribution in [0.5, 0.6) is 11.5 Å². The molecule has 0 bridgehead atoms. The zero-order valence-corrected chi connectivity index (χ0v) is 9.66. The van der Waals surface area contributed by atoms with Gasteiger partial charge in [0.1, 0.15) is 13.2 Å². The van der Waals surface area contributed by atoms with Crippen LogP contribution in [-0.4, -0.2) is 33.0 Å². The Labute approximate surface area is 95.5 Å². The van der Waals surface area contributed by atoms with Crippen molar-refractivity contribution in [2.45, 2.75) is 13.0 Å². The highest BCUT2D eigenvalue weighted by atomic mass is 16.6. The topological polar surface area (TPSA) is 39.7 Å². The Kier molecular flexibility index (Phi) is 3.51. The second-order valence-corrected chi connectivity index (χ2v) is 3.79. The lowest BCUT2D eigenvalue weighted by atomic mass is 10.2. The zero-order valence-electron chi connectivity index (χ0n) is 9.66. The second kappa shape index (κ2) is 5.07. The molecule has 88 valence electrons. The Morgan fingerprint density at radius 3 is 2.81 bits per heavy atom. The number of anilines is 1. The third kappa shape index (κ3) is 2.58. The van der Waals surface area contributed by atoms with Crippen molar-refractivity contribution in [1.82, 2.24) is 0 Å². The Balaban J connectivity index is 2.00. The van der Waals surface area contributed by atoms with E-state index in [0.29, 0.717) is 13.2 Å². The number of ether oxygens (including phenoxy) is 3. The molecule has 1 aliphatic rings. The molecule has 4 nitrogen and oxygen atoms in total. The van der Waals surface area contributed by atoms with E-state index >= 15 is 0 Å². The van der Waals surface area contributed by atoms with Gasteiger partial charge in [-0.15, -0.1) is 0 Å². The molecular weight excluding hydrogens is 206 g/mol. The minimum absolute atomic E-state index is 0.188. The zero-order chi connectivity index (χ0) is 11.4. The first-order valence-corrected chi connectivity index (χ1v) is 5.46. The lowest BCUT2D eigenvalue weighted by Gasteiger charge is -2.19. The van der Waals surface area contributed by atoms with E-state index in [4.69, 9.17) is 14.2 Å². The molecule has 1 aromatic carbocycles. The van der Waals surface area contributed by atoms with Crippen molar-refractivity contribution in [2.24, 2.45) is 0 Å². The van der Waals surface area contributed by atoms with Gasteiger partial charge in [-0.3, -0.25) is 0 Å². The minimum Gasteiger partial charge on any atom is -0.486 e. The SMILES string of the molecule is COC(C)CNc1ccc2c(c1)OCCO2. The Bertz CT molecular complexity index is 354. The van der Waals surface area contributed by atoms with Crippen LogP contribution in [0.2, 0.25) is 0 Å². The number of nitrogens with one attached hydrogen (secondary N) is 1. The van der Waals surface area contributed by atoms with Crippen LogP contribution in [0.25, 0.3) is 0 Å². The van der Waals surface area contributed by atoms with E-state index in [-0.39, 0.29) is 6.10 Å². The van der Waals surface area contributed by atoms with Crippen LogP contribution in [-0.2, 0) is 4.74 Å². The highest BCUT2D eigenvalue weighted by molar-refractivity contribution is 5.55. The number of methoxy groups -OCH3 is 1. The van der Waals surface area contributed by atoms with Gasteiger partial charge in [0.25, 0.3) is 0 Å². The van der Waals surface area contributed by atoms with Gasteiger partial charge in [0, 0.05) is 25.4 Å². The number of fused-ring (bicyclic) bond motifs is 1. The van der Waals surface area contributed by atoms with Crippen molar-refractivity contribution in [3.05, 3.63) is 18.2 Å². The van der Waals surface area contributed by atoms with Gasteiger partial charge >= 0.3 is 0 Å². The molecule has 0 saturated heterocycles. The Hall–Kier alpha value is -1.42. The van der Waals surface area contributed by atoms with E-state index < -0.39 is 0 Å². The van der Waals surface area contributed by atoms with Crippen molar-refractivity contribution in [3.63, 3.8) is 0 Å². The minimum atomic E-state index is 0.188. The molecule has 1 atom stereocenters. The number of hydrogen-bond donors (Lipinski definition) is 1. The molecule has 2 rings (SSSR count). The highest BCUT2D eigenvalue weighted by Crippen LogP contribution is 2.32. The second-order valence-electron chi connectivity index (χ2n) is 3.79. The normalized spacial score (nSPS) is 15.6. The molecule has 4 heteroatoms. The number of hydrogen-bond acceptors (Lipinski definition) is 4. The van der Waals surface area contributed by atoms with Crippen LogP contribution in [0, 0.1) is 0 Å². The summed E-state index contributed by atoms with van der Waals surface area (Å²) in [5.74, 6) is 1.62. The largest absolute Gasteiger partial charge is 0.486 e. The molecule has 16 heavy (non-hydrogen) atoms. The molecule has 1 heterocycles. The Morgan fingerprint density at radius 2 is 2.06 bits per heavy atom. The fraction of sp³-hybridized carbons (Fsp3) is 0.500. The summed E-state index contributed by atoms with van der Waals surface area (Å²) < 4.78 is 16.1. The van der Waals surface area contributed by atoms with E-state index in [0.717, 1.165) is 23.7 Å². The maximum absolute atomic E-state index is 5.50. The summed E-state index contributed by atoms with van der Waals surface area (Å²) in [6.45, 7) is 4.03. The van der Waals surface area contributed by atoms with Gasteiger partial charge < -0.3 is 19.5 Å². The quantitative estimate of drug-likeness (QED) is 0.846. The maximum atomic E-state index is 5.50. The first-order valence-electron chi connectivity index (χ1n) is 5.46. The molecule has 1 N–H and O–H groups in total. The average Bonchev–Trinajstić information content (AvgIpc) is 2.35. The summed E-state index contributed by atoms with van der Waals surface area (Å²) >= 11 is 0. The summed E-state index contributed by atoms with van der Waals surface area (Å²) in [6, 6.07) is 5.86. The summed E-state index contributed by atoms with van der Waals surface area (Å²) in [4.78, 5) is 0. The number of benzene rings is 1. The van der Waals surface area contributed by atoms with Gasteiger partial charge in [0.15, 0.2) is 11.5 Å². The Morgan fingerprint density at radius 1 is 1.31 bits per heavy atom. The molecule has 0 radical (unpaired) electrons. The maximum Gasteiger partial charge on any atom is 0.163 e. The highest BCUT2D eigenvalue weighted by Gasteiger charge is 2.11. The third-order valence-corrected chi connectivity index (χ3v) is 2.54. The molecule has 0 fully saturated rings. The average molecular weight is 223 g/mol. The predicted molar refractivity (Wildman–Crippen MR) is 62.4 cm³/mol. The lowest BCUT2D eigenvalue weighted by molar-refractivity contribution is 0.129. The van der Waals surface area contributed by atoms with E-state index in [1.54, 1.807) is 7.11 Å². The standard InChI is InChI=1S/C12H17NO3/c1-9(14-2)8-13-10-3-4-11-12(7-10)16-6-5-15-11/h3-4,7,9,13H,5-6,8H2,1-2H3. The van der Waals surface area contributed by atoms with Crippen molar-refractivity contribution in [3.8, 4) is 11.5 Å². The molecule has 0 saturated carbocycles. The van der Waals surface area contributed by atoms with Crippen LogP contribution in [0.15, 0.2) is 18.2 Å². The first kappa shape index (κ1) is 11.1. The van der Waals surface area contributed by atoms with E-state index in [2.05, 4.69) is 5.32 Å². The van der Waals surface area contributed by atoms with Gasteiger partial charge in [-0.2, -0.15) is 0 Å². The molecule has 0 aromatic heterocycles. The van der Waals surface area contributed by atoms with Gasteiger partial charge in [0.2, 0.25) is 0 Å². The van der Waals surface area contributed by atoms with E-state index in [1.807, 2.05) is 25.1 Å². The lowest BCUT2D eigenvalue weighted by Crippen LogP contribution is -2.19. The van der Waals surface area contributed by atoms with Gasteiger partial charge in [0.05, 0.1) is 6.10 Å². The van der Waals surface area contributed by atoms with Crippen LogP contribution in [0.3, 0.4) is 0 Å². The summed E-state index contributed by atoms with van der Waals surface area (Å²) in [7, 11) is 1.70. The van der Waals surface area contributed by atoms with E-state index in [1.165, 1.54) is 0 Å². The van der Waals surface area contributed by atoms with Crippen molar-refractivity contribution >= 4 is 5.69 Å². The smallest absolute Gasteiger partial charge is 0.163 e. The molecule has 0 aliphatic carbocycles. The predicted octanol–water partition coefficient (Wildman–Crippen LogP) is 1.90. The van der Waals surface area contributed by atoms with Crippen molar-refractivity contribution in [2.75, 3.05) is 32.2 Å². The molecule has 0 amide bonds. The van der Waals surface area contributed by atoms with Gasteiger partial charge in [-0.1, -0.05) is 0 Å². The van der Waals surface area contributed by atoms with Crippen LogP contribution < -0.4 is 14.8 Å². The van der Waals surface area contributed by atoms with E-state index in [9.17, 15) is 0 Å². The third-order valence-electron chi connectivity index (χ3n) is 2.54. The summed E-state index contributed by atoms with van der Waals surface area (Å²) in [5.41, 5.74) is 1.02. The monoisotopic (exact) mass is 223 g/mol. The molecular formula is C12H17NO3. The molecule has 1 aliphatic heterocycles. The summed E-state index contributed by atoms with van der Waals surface area (Å²) in [6.07, 6.45) is 0.188. The number of rotatable bonds is 4. The van der Waals surface area contributed by atoms with Crippen LogP contribution in [0.1, 0.15) is 6.92 Å². The van der Waals surface area contributed by atoms with Crippen molar-refractivity contribution in [1.29, 1.82) is 0 Å². The molecule has 1 aromatic rings. The summed E-state index contributed by atoms with van der Waals surface area (Å²) in [5, 5.41) is 3.28. The van der Waals surface area contributed by atoms with Crippen LogP contribution in [0.4, 0.5) is 5.69 Å². The fourth-order valence-corrected chi connectivity index (χ4v) is 1.50. The first-order chi connectivity index (χ1) is 7.79. The van der Waals surface area contributed by atoms with Crippen LogP contribution >= 0.6 is 0 Å². The van der Waals surface area contributed by atoms with Gasteiger partial charge in [-0.25, -0.2) is 0 Å². The molecule has 0 spiro atoms. The fourth-order valence-electron chi connectivity index (χ4n) is 1.50.